The summed E-state index contributed by atoms with van der Waals surface area (Å²) in [5.41, 5.74) is 0.537. The van der Waals surface area contributed by atoms with Gasteiger partial charge < -0.3 is 10.4 Å². The normalized spacial score (nSPS) is 20.4. The van der Waals surface area contributed by atoms with Gasteiger partial charge in [0.2, 0.25) is 0 Å². The van der Waals surface area contributed by atoms with Crippen molar-refractivity contribution in [2.24, 2.45) is 11.8 Å². The molecule has 0 aliphatic heterocycles. The molecule has 3 atom stereocenters. The highest BCUT2D eigenvalue weighted by molar-refractivity contribution is 6.14. The van der Waals surface area contributed by atoms with Crippen LogP contribution in [0.2, 0.25) is 0 Å². The lowest BCUT2D eigenvalue weighted by Crippen LogP contribution is -2.40. The Labute approximate surface area is 146 Å². The van der Waals surface area contributed by atoms with Crippen LogP contribution in [-0.2, 0) is 0 Å². The molecule has 0 spiro atoms. The van der Waals surface area contributed by atoms with E-state index in [2.05, 4.69) is 24.4 Å². The number of allylic oxidation sites excluding steroid dienone is 3. The third-order valence-electron chi connectivity index (χ3n) is 4.78. The van der Waals surface area contributed by atoms with Crippen LogP contribution < -0.4 is 5.32 Å². The van der Waals surface area contributed by atoms with Gasteiger partial charge in [-0.3, -0.25) is 4.79 Å². The van der Waals surface area contributed by atoms with E-state index in [1.807, 2.05) is 31.2 Å². The minimum absolute atomic E-state index is 0.0593. The molecule has 3 rings (SSSR count). The van der Waals surface area contributed by atoms with Gasteiger partial charge in [-0.2, -0.15) is 0 Å². The lowest BCUT2D eigenvalue weighted by Gasteiger charge is -2.27. The number of carboxylic acids is 1. The summed E-state index contributed by atoms with van der Waals surface area (Å²) in [6, 6.07) is 10.3. The van der Waals surface area contributed by atoms with Gasteiger partial charge >= 0.3 is 5.97 Å². The molecule has 1 aliphatic carbocycles. The number of hydrogen-bond acceptors (Lipinski definition) is 2. The second-order valence-electron chi connectivity index (χ2n) is 6.48. The fourth-order valence-electron chi connectivity index (χ4n) is 3.45. The van der Waals surface area contributed by atoms with Crippen molar-refractivity contribution < 1.29 is 14.7 Å². The number of fused-ring (bicyclic) bond motifs is 1. The Kier molecular flexibility index (Phi) is 4.70. The fraction of sp³-hybridized carbons (Fsp3) is 0.238. The Morgan fingerprint density at radius 1 is 1.04 bits per heavy atom. The highest BCUT2D eigenvalue weighted by atomic mass is 16.4. The molecule has 0 fully saturated rings. The standard InChI is InChI=1S/C21H21NO3/c1-13-7-3-4-10-16(13)14(2)22-20(23)17-11-5-8-15-9-6-12-18(19(15)17)21(24)25/h3-14,16H,1-2H3,(H,22,23)(H,24,25)/t13?,14-,16?/m1/s1. The summed E-state index contributed by atoms with van der Waals surface area (Å²) in [5, 5.41) is 13.7. The molecule has 2 aromatic carbocycles. The summed E-state index contributed by atoms with van der Waals surface area (Å²) < 4.78 is 0. The third kappa shape index (κ3) is 3.33. The quantitative estimate of drug-likeness (QED) is 0.886. The van der Waals surface area contributed by atoms with Crippen LogP contribution in [0.5, 0.6) is 0 Å². The van der Waals surface area contributed by atoms with E-state index in [1.54, 1.807) is 18.2 Å². The molecular weight excluding hydrogens is 314 g/mol. The summed E-state index contributed by atoms with van der Waals surface area (Å²) in [4.78, 5) is 24.4. The first-order chi connectivity index (χ1) is 12.0. The molecule has 2 N–H and O–H groups in total. The minimum atomic E-state index is -1.03. The van der Waals surface area contributed by atoms with E-state index in [4.69, 9.17) is 0 Å². The lowest BCUT2D eigenvalue weighted by atomic mass is 9.84. The number of aromatic carboxylic acids is 1. The second-order valence-corrected chi connectivity index (χ2v) is 6.48. The summed E-state index contributed by atoms with van der Waals surface area (Å²) in [7, 11) is 0. The van der Waals surface area contributed by atoms with Crippen LogP contribution in [0.25, 0.3) is 10.8 Å². The summed E-state index contributed by atoms with van der Waals surface area (Å²) >= 11 is 0. The largest absolute Gasteiger partial charge is 0.478 e. The van der Waals surface area contributed by atoms with Gasteiger partial charge in [0.05, 0.1) is 5.56 Å². The Bertz CT molecular complexity index is 877. The van der Waals surface area contributed by atoms with E-state index < -0.39 is 5.97 Å². The second kappa shape index (κ2) is 6.93. The SMILES string of the molecule is CC1C=CC=CC1[C@@H](C)NC(=O)c1cccc2cccc(C(=O)O)c12. The fourth-order valence-corrected chi connectivity index (χ4v) is 3.45. The average molecular weight is 335 g/mol. The van der Waals surface area contributed by atoms with E-state index in [1.165, 1.54) is 6.07 Å². The topological polar surface area (TPSA) is 66.4 Å². The van der Waals surface area contributed by atoms with E-state index in [0.29, 0.717) is 16.9 Å². The van der Waals surface area contributed by atoms with E-state index in [9.17, 15) is 14.7 Å². The molecule has 4 heteroatoms. The molecule has 0 aromatic heterocycles. The molecule has 0 radical (unpaired) electrons. The summed E-state index contributed by atoms with van der Waals surface area (Å²) in [6.45, 7) is 4.10. The zero-order chi connectivity index (χ0) is 18.0. The highest BCUT2D eigenvalue weighted by Gasteiger charge is 2.24. The van der Waals surface area contributed by atoms with Crippen LogP contribution >= 0.6 is 0 Å². The van der Waals surface area contributed by atoms with Crippen molar-refractivity contribution >= 4 is 22.6 Å². The van der Waals surface area contributed by atoms with Gasteiger partial charge in [0.1, 0.15) is 0 Å². The van der Waals surface area contributed by atoms with Crippen molar-refractivity contribution in [1.82, 2.24) is 5.32 Å². The zero-order valence-electron chi connectivity index (χ0n) is 14.3. The molecule has 0 saturated carbocycles. The van der Waals surface area contributed by atoms with E-state index in [-0.39, 0.29) is 23.4 Å². The van der Waals surface area contributed by atoms with Crippen LogP contribution in [0, 0.1) is 11.8 Å². The predicted octanol–water partition coefficient (Wildman–Crippen LogP) is 4.03. The maximum absolute atomic E-state index is 12.8. The Morgan fingerprint density at radius 3 is 2.32 bits per heavy atom. The lowest BCUT2D eigenvalue weighted by molar-refractivity contribution is 0.0699. The maximum Gasteiger partial charge on any atom is 0.336 e. The highest BCUT2D eigenvalue weighted by Crippen LogP contribution is 2.25. The van der Waals surface area contributed by atoms with E-state index in [0.717, 1.165) is 5.39 Å². The number of nitrogens with one attached hydrogen (secondary N) is 1. The maximum atomic E-state index is 12.8. The van der Waals surface area contributed by atoms with Gasteiger partial charge in [-0.25, -0.2) is 4.79 Å². The summed E-state index contributed by atoms with van der Waals surface area (Å²) in [6.07, 6.45) is 8.22. The molecule has 4 nitrogen and oxygen atoms in total. The van der Waals surface area contributed by atoms with Crippen LogP contribution in [-0.4, -0.2) is 23.0 Å². The van der Waals surface area contributed by atoms with Gasteiger partial charge in [-0.15, -0.1) is 0 Å². The molecule has 128 valence electrons. The molecule has 1 amide bonds. The van der Waals surface area contributed by atoms with Crippen molar-refractivity contribution in [3.05, 3.63) is 71.8 Å². The molecule has 0 saturated heterocycles. The molecular formula is C21H21NO3. The van der Waals surface area contributed by atoms with E-state index >= 15 is 0 Å². The smallest absolute Gasteiger partial charge is 0.336 e. The predicted molar refractivity (Wildman–Crippen MR) is 98.8 cm³/mol. The Balaban J connectivity index is 1.94. The number of amides is 1. The number of hydrogen-bond donors (Lipinski definition) is 2. The monoisotopic (exact) mass is 335 g/mol. The number of carbonyl (C=O) groups is 2. The van der Waals surface area contributed by atoms with Crippen molar-refractivity contribution in [2.45, 2.75) is 19.9 Å². The Hall–Kier alpha value is -2.88. The molecule has 2 unspecified atom stereocenters. The van der Waals surface area contributed by atoms with Gasteiger partial charge in [-0.1, -0.05) is 55.5 Å². The first-order valence-corrected chi connectivity index (χ1v) is 8.40. The van der Waals surface area contributed by atoms with Crippen molar-refractivity contribution in [2.75, 3.05) is 0 Å². The van der Waals surface area contributed by atoms with Crippen LogP contribution in [0.4, 0.5) is 0 Å². The zero-order valence-corrected chi connectivity index (χ0v) is 14.3. The molecule has 1 aliphatic rings. The number of carbonyl (C=O) groups excluding carboxylic acids is 1. The Morgan fingerprint density at radius 2 is 1.68 bits per heavy atom. The number of rotatable bonds is 4. The molecule has 0 heterocycles. The van der Waals surface area contributed by atoms with Crippen molar-refractivity contribution in [1.29, 1.82) is 0 Å². The van der Waals surface area contributed by atoms with Gasteiger partial charge in [-0.05, 0) is 30.4 Å². The molecule has 25 heavy (non-hydrogen) atoms. The molecule has 2 aromatic rings. The average Bonchev–Trinajstić information content (AvgIpc) is 2.60. The van der Waals surface area contributed by atoms with Gasteiger partial charge in [0, 0.05) is 22.9 Å². The molecule has 0 bridgehead atoms. The van der Waals surface area contributed by atoms with Crippen molar-refractivity contribution in [3.8, 4) is 0 Å². The minimum Gasteiger partial charge on any atom is -0.478 e. The van der Waals surface area contributed by atoms with Gasteiger partial charge in [0.15, 0.2) is 0 Å². The number of benzene rings is 2. The van der Waals surface area contributed by atoms with Crippen molar-refractivity contribution in [3.63, 3.8) is 0 Å². The first-order valence-electron chi connectivity index (χ1n) is 8.40. The van der Waals surface area contributed by atoms with Crippen LogP contribution in [0.15, 0.2) is 60.7 Å². The van der Waals surface area contributed by atoms with Crippen LogP contribution in [0.1, 0.15) is 34.6 Å². The first kappa shape index (κ1) is 17.0. The third-order valence-corrected chi connectivity index (χ3v) is 4.78. The van der Waals surface area contributed by atoms with Gasteiger partial charge in [0.25, 0.3) is 5.91 Å². The number of carboxylic acid groups (broad SMARTS) is 1. The van der Waals surface area contributed by atoms with Crippen LogP contribution in [0.3, 0.4) is 0 Å². The summed E-state index contributed by atoms with van der Waals surface area (Å²) in [5.74, 6) is -0.736.